The van der Waals surface area contributed by atoms with Crippen molar-refractivity contribution in [2.75, 3.05) is 37.7 Å². The number of aliphatic hydroxyl groups is 1. The second-order valence-electron chi connectivity index (χ2n) is 6.60. The minimum absolute atomic E-state index is 0.131. The molecule has 1 fully saturated rings. The maximum atomic E-state index is 11.5. The van der Waals surface area contributed by atoms with E-state index in [1.807, 2.05) is 6.92 Å². The summed E-state index contributed by atoms with van der Waals surface area (Å²) in [4.78, 5) is 2.27. The number of nitrogens with one attached hydrogen (secondary N) is 1. The summed E-state index contributed by atoms with van der Waals surface area (Å²) in [5, 5.41) is 12.9. The number of sulfone groups is 1. The van der Waals surface area contributed by atoms with Crippen LogP contribution in [-0.4, -0.2) is 67.8 Å². The summed E-state index contributed by atoms with van der Waals surface area (Å²) in [6, 6.07) is 0.131. The first-order valence-corrected chi connectivity index (χ1v) is 9.94. The molecule has 21 heavy (non-hydrogen) atoms. The molecule has 1 heterocycles. The van der Waals surface area contributed by atoms with E-state index in [1.54, 1.807) is 0 Å². The van der Waals surface area contributed by atoms with Crippen molar-refractivity contribution in [3.05, 3.63) is 0 Å². The fraction of sp³-hybridized carbons (Fsp3) is 1.00. The predicted octanol–water partition coefficient (Wildman–Crippen LogP) is 1.03. The first kappa shape index (κ1) is 18.9. The van der Waals surface area contributed by atoms with Crippen molar-refractivity contribution in [1.82, 2.24) is 10.2 Å². The smallest absolute Gasteiger partial charge is 0.153 e. The second kappa shape index (κ2) is 8.46. The van der Waals surface area contributed by atoms with Gasteiger partial charge in [-0.15, -0.1) is 0 Å². The molecule has 2 atom stereocenters. The van der Waals surface area contributed by atoms with Crippen LogP contribution in [0.5, 0.6) is 0 Å². The lowest BCUT2D eigenvalue weighted by atomic mass is 9.95. The van der Waals surface area contributed by atoms with Crippen LogP contribution in [0.3, 0.4) is 0 Å². The lowest BCUT2D eigenvalue weighted by Crippen LogP contribution is -2.47. The van der Waals surface area contributed by atoms with Gasteiger partial charge in [-0.25, -0.2) is 8.42 Å². The standard InChI is InChI=1S/C15H32N2O3S/c1-4-8-16-15(3,13-18)7-5-6-9-17-10-11-21(19,20)12-14(17)2/h14,16,18H,4-13H2,1-3H3. The highest BCUT2D eigenvalue weighted by Crippen LogP contribution is 2.16. The molecule has 0 radical (unpaired) electrons. The number of hydrogen-bond donors (Lipinski definition) is 2. The summed E-state index contributed by atoms with van der Waals surface area (Å²) in [7, 11) is -2.82. The zero-order chi connectivity index (χ0) is 15.9. The topological polar surface area (TPSA) is 69.6 Å². The number of hydrogen-bond acceptors (Lipinski definition) is 5. The van der Waals surface area contributed by atoms with Crippen molar-refractivity contribution < 1.29 is 13.5 Å². The van der Waals surface area contributed by atoms with Gasteiger partial charge in [-0.2, -0.15) is 0 Å². The van der Waals surface area contributed by atoms with Crippen LogP contribution in [0.4, 0.5) is 0 Å². The Morgan fingerprint density at radius 1 is 1.38 bits per heavy atom. The summed E-state index contributed by atoms with van der Waals surface area (Å²) < 4.78 is 23.1. The van der Waals surface area contributed by atoms with Crippen LogP contribution < -0.4 is 5.32 Å². The Morgan fingerprint density at radius 3 is 2.67 bits per heavy atom. The Labute approximate surface area is 130 Å². The number of unbranched alkanes of at least 4 members (excludes halogenated alkanes) is 1. The number of nitrogens with zero attached hydrogens (tertiary/aromatic N) is 1. The fourth-order valence-electron chi connectivity index (χ4n) is 2.85. The molecule has 0 aromatic carbocycles. The van der Waals surface area contributed by atoms with Gasteiger partial charge in [0.05, 0.1) is 18.1 Å². The average molecular weight is 320 g/mol. The van der Waals surface area contributed by atoms with Gasteiger partial charge in [0.25, 0.3) is 0 Å². The molecule has 1 aliphatic heterocycles. The SMILES string of the molecule is CCCNC(C)(CO)CCCCN1CCS(=O)(=O)CC1C. The van der Waals surface area contributed by atoms with Crippen LogP contribution in [-0.2, 0) is 9.84 Å². The monoisotopic (exact) mass is 320 g/mol. The van der Waals surface area contributed by atoms with Crippen LogP contribution in [0.25, 0.3) is 0 Å². The van der Waals surface area contributed by atoms with E-state index in [-0.39, 0.29) is 18.2 Å². The Balaban J connectivity index is 2.27. The third kappa shape index (κ3) is 6.63. The highest BCUT2D eigenvalue weighted by atomic mass is 32.2. The molecule has 0 amide bonds. The van der Waals surface area contributed by atoms with Crippen molar-refractivity contribution in [3.8, 4) is 0 Å². The summed E-state index contributed by atoms with van der Waals surface area (Å²) in [5.74, 6) is 0.586. The van der Waals surface area contributed by atoms with E-state index in [4.69, 9.17) is 0 Å². The second-order valence-corrected chi connectivity index (χ2v) is 8.83. The molecule has 1 saturated heterocycles. The average Bonchev–Trinajstić information content (AvgIpc) is 2.42. The first-order valence-electron chi connectivity index (χ1n) is 8.12. The highest BCUT2D eigenvalue weighted by molar-refractivity contribution is 7.91. The predicted molar refractivity (Wildman–Crippen MR) is 87.3 cm³/mol. The minimum Gasteiger partial charge on any atom is -0.394 e. The van der Waals surface area contributed by atoms with E-state index in [1.165, 1.54) is 0 Å². The highest BCUT2D eigenvalue weighted by Gasteiger charge is 2.28. The number of aliphatic hydroxyl groups excluding tert-OH is 1. The maximum absolute atomic E-state index is 11.5. The van der Waals surface area contributed by atoms with Gasteiger partial charge in [0, 0.05) is 18.1 Å². The van der Waals surface area contributed by atoms with Gasteiger partial charge >= 0.3 is 0 Å². The van der Waals surface area contributed by atoms with Crippen LogP contribution in [0, 0.1) is 0 Å². The Morgan fingerprint density at radius 2 is 2.10 bits per heavy atom. The lowest BCUT2D eigenvalue weighted by molar-refractivity contribution is 0.158. The molecule has 2 N–H and O–H groups in total. The van der Waals surface area contributed by atoms with E-state index in [9.17, 15) is 13.5 Å². The summed E-state index contributed by atoms with van der Waals surface area (Å²) in [6.45, 7) is 8.89. The van der Waals surface area contributed by atoms with Crippen molar-refractivity contribution in [3.63, 3.8) is 0 Å². The molecule has 0 aromatic rings. The van der Waals surface area contributed by atoms with Gasteiger partial charge in [0.1, 0.15) is 0 Å². The Hall–Kier alpha value is -0.170. The van der Waals surface area contributed by atoms with E-state index >= 15 is 0 Å². The van der Waals surface area contributed by atoms with Crippen molar-refractivity contribution >= 4 is 9.84 Å². The zero-order valence-corrected chi connectivity index (χ0v) is 14.6. The van der Waals surface area contributed by atoms with Crippen molar-refractivity contribution in [2.24, 2.45) is 0 Å². The summed E-state index contributed by atoms with van der Waals surface area (Å²) in [6.07, 6.45) is 4.11. The Kier molecular flexibility index (Phi) is 7.60. The molecule has 0 spiro atoms. The molecular formula is C15H32N2O3S. The zero-order valence-electron chi connectivity index (χ0n) is 13.8. The van der Waals surface area contributed by atoms with E-state index in [2.05, 4.69) is 24.1 Å². The quantitative estimate of drug-likeness (QED) is 0.621. The molecule has 2 unspecified atom stereocenters. The molecule has 5 nitrogen and oxygen atoms in total. The molecule has 1 rings (SSSR count). The van der Waals surface area contributed by atoms with Crippen LogP contribution in [0.1, 0.15) is 46.5 Å². The molecule has 6 heteroatoms. The molecule has 126 valence electrons. The third-order valence-electron chi connectivity index (χ3n) is 4.38. The van der Waals surface area contributed by atoms with Gasteiger partial charge in [-0.3, -0.25) is 4.90 Å². The van der Waals surface area contributed by atoms with Gasteiger partial charge < -0.3 is 10.4 Å². The number of rotatable bonds is 9. The normalized spacial score (nSPS) is 25.6. The molecule has 1 aliphatic rings. The van der Waals surface area contributed by atoms with Gasteiger partial charge in [-0.1, -0.05) is 13.3 Å². The summed E-state index contributed by atoms with van der Waals surface area (Å²) >= 11 is 0. The third-order valence-corrected chi connectivity index (χ3v) is 6.18. The van der Waals surface area contributed by atoms with Crippen LogP contribution >= 0.6 is 0 Å². The van der Waals surface area contributed by atoms with E-state index in [0.29, 0.717) is 18.1 Å². The first-order chi connectivity index (χ1) is 9.82. The van der Waals surface area contributed by atoms with Gasteiger partial charge in [0.15, 0.2) is 9.84 Å². The molecule has 0 saturated carbocycles. The van der Waals surface area contributed by atoms with Crippen LogP contribution in [0.2, 0.25) is 0 Å². The fourth-order valence-corrected chi connectivity index (χ4v) is 4.47. The minimum atomic E-state index is -2.82. The lowest BCUT2D eigenvalue weighted by Gasteiger charge is -2.33. The van der Waals surface area contributed by atoms with E-state index < -0.39 is 9.84 Å². The Bertz CT molecular complexity index is 400. The largest absolute Gasteiger partial charge is 0.394 e. The van der Waals surface area contributed by atoms with Crippen molar-refractivity contribution in [1.29, 1.82) is 0 Å². The molecular weight excluding hydrogens is 288 g/mol. The van der Waals surface area contributed by atoms with Crippen LogP contribution in [0.15, 0.2) is 0 Å². The molecule has 0 aromatic heterocycles. The van der Waals surface area contributed by atoms with Gasteiger partial charge in [-0.05, 0) is 46.2 Å². The van der Waals surface area contributed by atoms with E-state index in [0.717, 1.165) is 38.8 Å². The molecule has 0 aliphatic carbocycles. The van der Waals surface area contributed by atoms with Crippen molar-refractivity contribution in [2.45, 2.75) is 58.0 Å². The van der Waals surface area contributed by atoms with Gasteiger partial charge in [0.2, 0.25) is 0 Å². The maximum Gasteiger partial charge on any atom is 0.153 e. The summed E-state index contributed by atoms with van der Waals surface area (Å²) in [5.41, 5.74) is -0.188. The molecule has 0 bridgehead atoms.